The number of nitrogens with one attached hydrogen (secondary N) is 3. The van der Waals surface area contributed by atoms with Gasteiger partial charge in [0.05, 0.1) is 0 Å². The Morgan fingerprint density at radius 3 is 2.58 bits per heavy atom. The number of benzene rings is 1. The highest BCUT2D eigenvalue weighted by molar-refractivity contribution is 6.30. The summed E-state index contributed by atoms with van der Waals surface area (Å²) in [5.74, 6) is -0.132. The Morgan fingerprint density at radius 1 is 1.17 bits per heavy atom. The van der Waals surface area contributed by atoms with Crippen LogP contribution in [-0.4, -0.2) is 38.0 Å². The molecule has 0 aromatic heterocycles. The standard InChI is InChI=1S/C17H22ClN3O2.ClH/c18-15-5-3-14(4-6-15)17(23)20-9-1-2-16(22)21-12-13-7-10-19-11-8-13;/h3-7,19H,1-2,8-12H2,(H,20,23)(H,21,22);1H. The van der Waals surface area contributed by atoms with Gasteiger partial charge in [-0.05, 0) is 43.7 Å². The molecular weight excluding hydrogens is 349 g/mol. The van der Waals surface area contributed by atoms with Gasteiger partial charge in [-0.3, -0.25) is 9.59 Å². The number of amides is 2. The van der Waals surface area contributed by atoms with Crippen LogP contribution in [0.5, 0.6) is 0 Å². The minimum absolute atomic E-state index is 0. The molecule has 2 rings (SSSR count). The summed E-state index contributed by atoms with van der Waals surface area (Å²) in [6, 6.07) is 6.72. The van der Waals surface area contributed by atoms with Crippen LogP contribution in [-0.2, 0) is 4.79 Å². The molecule has 1 aliphatic heterocycles. The van der Waals surface area contributed by atoms with E-state index in [1.807, 2.05) is 0 Å². The van der Waals surface area contributed by atoms with E-state index in [1.54, 1.807) is 24.3 Å². The number of hydrogen-bond acceptors (Lipinski definition) is 3. The molecule has 1 aromatic rings. The van der Waals surface area contributed by atoms with Gasteiger partial charge < -0.3 is 16.0 Å². The molecule has 7 heteroatoms. The predicted octanol–water partition coefficient (Wildman–Crippen LogP) is 2.31. The fourth-order valence-electron chi connectivity index (χ4n) is 2.28. The second-order valence-corrected chi connectivity index (χ2v) is 5.90. The first-order valence-corrected chi connectivity index (χ1v) is 8.22. The first-order valence-electron chi connectivity index (χ1n) is 7.84. The molecule has 1 aliphatic rings. The van der Waals surface area contributed by atoms with E-state index in [0.29, 0.717) is 36.5 Å². The van der Waals surface area contributed by atoms with E-state index in [2.05, 4.69) is 22.0 Å². The van der Waals surface area contributed by atoms with Crippen molar-refractivity contribution in [3.05, 3.63) is 46.5 Å². The van der Waals surface area contributed by atoms with E-state index in [-0.39, 0.29) is 24.2 Å². The second-order valence-electron chi connectivity index (χ2n) is 5.46. The maximum atomic E-state index is 11.9. The topological polar surface area (TPSA) is 70.2 Å². The molecule has 0 atom stereocenters. The largest absolute Gasteiger partial charge is 0.352 e. The minimum atomic E-state index is -0.151. The molecule has 0 bridgehead atoms. The Labute approximate surface area is 153 Å². The molecule has 5 nitrogen and oxygen atoms in total. The van der Waals surface area contributed by atoms with Crippen molar-refractivity contribution in [1.82, 2.24) is 16.0 Å². The van der Waals surface area contributed by atoms with Gasteiger partial charge in [0, 0.05) is 36.6 Å². The predicted molar refractivity (Wildman–Crippen MR) is 98.8 cm³/mol. The van der Waals surface area contributed by atoms with Gasteiger partial charge in [0.2, 0.25) is 5.91 Å². The van der Waals surface area contributed by atoms with Crippen molar-refractivity contribution < 1.29 is 9.59 Å². The lowest BCUT2D eigenvalue weighted by atomic mass is 10.1. The van der Waals surface area contributed by atoms with Gasteiger partial charge in [-0.1, -0.05) is 23.3 Å². The third kappa shape index (κ3) is 7.34. The van der Waals surface area contributed by atoms with E-state index in [0.717, 1.165) is 19.5 Å². The molecule has 24 heavy (non-hydrogen) atoms. The summed E-state index contributed by atoms with van der Waals surface area (Å²) in [4.78, 5) is 23.6. The molecule has 3 N–H and O–H groups in total. The van der Waals surface area contributed by atoms with E-state index in [1.165, 1.54) is 5.57 Å². The molecule has 2 amide bonds. The molecule has 0 aliphatic carbocycles. The summed E-state index contributed by atoms with van der Waals surface area (Å²) in [5, 5.41) is 9.55. The lowest BCUT2D eigenvalue weighted by Crippen LogP contribution is -2.30. The van der Waals surface area contributed by atoms with Gasteiger partial charge in [-0.2, -0.15) is 0 Å². The fourth-order valence-corrected chi connectivity index (χ4v) is 2.41. The Morgan fingerprint density at radius 2 is 1.92 bits per heavy atom. The molecule has 0 fully saturated rings. The SMILES string of the molecule is Cl.O=C(CCCNC(=O)c1ccc(Cl)cc1)NCC1=CCNCC1. The third-order valence-electron chi connectivity index (χ3n) is 3.64. The molecule has 0 unspecified atom stereocenters. The van der Waals surface area contributed by atoms with E-state index in [9.17, 15) is 9.59 Å². The molecular formula is C17H23Cl2N3O2. The van der Waals surface area contributed by atoms with Crippen LogP contribution in [0.1, 0.15) is 29.6 Å². The lowest BCUT2D eigenvalue weighted by Gasteiger charge is -2.14. The van der Waals surface area contributed by atoms with Crippen molar-refractivity contribution in [3.8, 4) is 0 Å². The highest BCUT2D eigenvalue weighted by atomic mass is 35.5. The van der Waals surface area contributed by atoms with Crippen molar-refractivity contribution >= 4 is 35.8 Å². The minimum Gasteiger partial charge on any atom is -0.352 e. The molecule has 1 aromatic carbocycles. The van der Waals surface area contributed by atoms with Gasteiger partial charge in [0.25, 0.3) is 5.91 Å². The van der Waals surface area contributed by atoms with Crippen molar-refractivity contribution in [2.24, 2.45) is 0 Å². The third-order valence-corrected chi connectivity index (χ3v) is 3.90. The summed E-state index contributed by atoms with van der Waals surface area (Å²) >= 11 is 5.78. The summed E-state index contributed by atoms with van der Waals surface area (Å²) < 4.78 is 0. The number of halogens is 2. The molecule has 0 spiro atoms. The van der Waals surface area contributed by atoms with Crippen LogP contribution in [0.2, 0.25) is 5.02 Å². The number of hydrogen-bond donors (Lipinski definition) is 3. The maximum absolute atomic E-state index is 11.9. The van der Waals surface area contributed by atoms with E-state index >= 15 is 0 Å². The zero-order valence-electron chi connectivity index (χ0n) is 13.4. The zero-order chi connectivity index (χ0) is 16.5. The van der Waals surface area contributed by atoms with Crippen LogP contribution in [0.25, 0.3) is 0 Å². The van der Waals surface area contributed by atoms with Gasteiger partial charge in [-0.15, -0.1) is 12.4 Å². The van der Waals surface area contributed by atoms with Crippen LogP contribution in [0.15, 0.2) is 35.9 Å². The molecule has 1 heterocycles. The van der Waals surface area contributed by atoms with E-state index in [4.69, 9.17) is 11.6 Å². The summed E-state index contributed by atoms with van der Waals surface area (Å²) in [7, 11) is 0. The van der Waals surface area contributed by atoms with Crippen LogP contribution >= 0.6 is 24.0 Å². The van der Waals surface area contributed by atoms with Crippen molar-refractivity contribution in [2.75, 3.05) is 26.2 Å². The molecule has 0 radical (unpaired) electrons. The van der Waals surface area contributed by atoms with Crippen molar-refractivity contribution in [1.29, 1.82) is 0 Å². The zero-order valence-corrected chi connectivity index (χ0v) is 15.0. The first kappa shape index (κ1) is 20.5. The van der Waals surface area contributed by atoms with Gasteiger partial charge in [0.15, 0.2) is 0 Å². The van der Waals surface area contributed by atoms with E-state index < -0.39 is 0 Å². The number of carbonyl (C=O) groups excluding carboxylic acids is 2. The summed E-state index contributed by atoms with van der Waals surface area (Å²) in [6.07, 6.45) is 4.13. The van der Waals surface area contributed by atoms with Crippen LogP contribution < -0.4 is 16.0 Å². The highest BCUT2D eigenvalue weighted by Crippen LogP contribution is 2.09. The Bertz CT molecular complexity index is 574. The van der Waals surface area contributed by atoms with Gasteiger partial charge >= 0.3 is 0 Å². The molecule has 132 valence electrons. The smallest absolute Gasteiger partial charge is 0.251 e. The Kier molecular flexibility index (Phi) is 9.45. The first-order chi connectivity index (χ1) is 11.1. The monoisotopic (exact) mass is 371 g/mol. The normalized spacial score (nSPS) is 13.5. The fraction of sp³-hybridized carbons (Fsp3) is 0.412. The number of carbonyl (C=O) groups is 2. The van der Waals surface area contributed by atoms with Crippen LogP contribution in [0, 0.1) is 0 Å². The van der Waals surface area contributed by atoms with Gasteiger partial charge in [0.1, 0.15) is 0 Å². The summed E-state index contributed by atoms with van der Waals surface area (Å²) in [6.45, 7) is 2.94. The average molecular weight is 372 g/mol. The highest BCUT2D eigenvalue weighted by Gasteiger charge is 2.07. The maximum Gasteiger partial charge on any atom is 0.251 e. The van der Waals surface area contributed by atoms with Crippen molar-refractivity contribution in [2.45, 2.75) is 19.3 Å². The number of rotatable bonds is 7. The average Bonchev–Trinajstić information content (AvgIpc) is 2.58. The Balaban J connectivity index is 0.00000288. The van der Waals surface area contributed by atoms with Crippen molar-refractivity contribution in [3.63, 3.8) is 0 Å². The quantitative estimate of drug-likeness (QED) is 0.508. The summed E-state index contributed by atoms with van der Waals surface area (Å²) in [5.41, 5.74) is 1.84. The second kappa shape index (κ2) is 11.1. The van der Waals surface area contributed by atoms with Gasteiger partial charge in [-0.25, -0.2) is 0 Å². The van der Waals surface area contributed by atoms with Crippen LogP contribution in [0.3, 0.4) is 0 Å². The lowest BCUT2D eigenvalue weighted by molar-refractivity contribution is -0.121. The molecule has 0 saturated heterocycles. The Hall–Kier alpha value is -1.56. The molecule has 0 saturated carbocycles. The van der Waals surface area contributed by atoms with Crippen LogP contribution in [0.4, 0.5) is 0 Å².